The van der Waals surface area contributed by atoms with Crippen molar-refractivity contribution in [3.05, 3.63) is 468 Å². The van der Waals surface area contributed by atoms with E-state index in [1.165, 1.54) is 55.3 Å². The van der Waals surface area contributed by atoms with Crippen LogP contribution in [-0.4, -0.2) is 24.5 Å². The van der Waals surface area contributed by atoms with Crippen LogP contribution in [0, 0.1) is 6.57 Å². The van der Waals surface area contributed by atoms with E-state index in [1.54, 1.807) is 0 Å². The SMILES string of the molecule is [C-]#[N+]c1ccc2c(c1)c1ccccc1n2-c1ccc(-c2ccc3nc(-c4ccccc4)c4ccc5c(c4c3c2)-c2ccccc2C52c3ccccc3Oc3ccccc32)cc1.c1ccc(-c2nc3ccc(-c4ccc5nc(-c6ccccc6)c6ccc7c(c6c5c4)-c4ccccc4C74c5ccccc5Oc5ccccc54)cc3nc2-c2ccccc2)cc1. The van der Waals surface area contributed by atoms with Crippen molar-refractivity contribution < 1.29 is 9.47 Å². The Balaban J connectivity index is 0.000000135. The summed E-state index contributed by atoms with van der Waals surface area (Å²) in [5, 5.41) is 9.08. The smallest absolute Gasteiger partial charge is 0.188 e. The monoisotopic (exact) mass is 1560 g/mol. The molecule has 26 rings (SSSR count). The molecule has 2 aliphatic heterocycles. The molecule has 0 N–H and O–H groups in total. The van der Waals surface area contributed by atoms with Crippen molar-refractivity contribution in [1.82, 2.24) is 24.5 Å². The summed E-state index contributed by atoms with van der Waals surface area (Å²) in [6.45, 7) is 7.62. The van der Waals surface area contributed by atoms with Gasteiger partial charge in [0.25, 0.3) is 0 Å². The van der Waals surface area contributed by atoms with Crippen molar-refractivity contribution in [3.63, 3.8) is 0 Å². The number of pyridine rings is 2. The Labute approximate surface area is 708 Å². The summed E-state index contributed by atoms with van der Waals surface area (Å²) in [5.74, 6) is 3.53. The number of hydrogen-bond acceptors (Lipinski definition) is 6. The number of rotatable bonds is 7. The summed E-state index contributed by atoms with van der Waals surface area (Å²) in [6, 6.07) is 147. The zero-order valence-corrected chi connectivity index (χ0v) is 66.3. The number of ether oxygens (including phenoxy) is 2. The molecule has 2 spiro atoms. The Kier molecular flexibility index (Phi) is 15.5. The normalized spacial score (nSPS) is 13.1. The lowest BCUT2D eigenvalue weighted by Gasteiger charge is -2.39. The van der Waals surface area contributed by atoms with E-state index in [9.17, 15) is 0 Å². The summed E-state index contributed by atoms with van der Waals surface area (Å²) < 4.78 is 15.6. The van der Waals surface area contributed by atoms with Crippen LogP contribution in [0.1, 0.15) is 44.5 Å². The van der Waals surface area contributed by atoms with Gasteiger partial charge in [-0.15, -0.1) is 0 Å². The van der Waals surface area contributed by atoms with E-state index in [1.807, 2.05) is 24.3 Å². The first-order valence-corrected chi connectivity index (χ1v) is 41.8. The first kappa shape index (κ1) is 69.6. The van der Waals surface area contributed by atoms with Gasteiger partial charge in [0.05, 0.1) is 73.3 Å². The number of benzene rings is 18. The van der Waals surface area contributed by atoms with Gasteiger partial charge < -0.3 is 14.0 Å². The van der Waals surface area contributed by atoms with E-state index in [0.717, 1.165) is 184 Å². The number of hydrogen-bond donors (Lipinski definition) is 0. The maximum absolute atomic E-state index is 7.62. The Hall–Kier alpha value is -16.5. The number of nitrogens with zero attached hydrogens (tertiary/aromatic N) is 6. The van der Waals surface area contributed by atoms with Gasteiger partial charge in [-0.25, -0.2) is 24.8 Å². The van der Waals surface area contributed by atoms with Gasteiger partial charge in [-0.3, -0.25) is 0 Å². The second-order valence-electron chi connectivity index (χ2n) is 32.3. The van der Waals surface area contributed by atoms with Gasteiger partial charge in [0.1, 0.15) is 23.0 Å². The molecule has 0 bridgehead atoms. The molecule has 0 saturated carbocycles. The Morgan fingerprint density at radius 1 is 0.236 bits per heavy atom. The molecule has 0 radical (unpaired) electrons. The minimum Gasteiger partial charge on any atom is -0.457 e. The van der Waals surface area contributed by atoms with E-state index in [4.69, 9.17) is 36.0 Å². The molecule has 0 amide bonds. The molecule has 570 valence electrons. The van der Waals surface area contributed by atoms with Gasteiger partial charge in [-0.05, 0) is 163 Å². The molecule has 22 aromatic rings. The first-order valence-electron chi connectivity index (χ1n) is 41.8. The molecule has 6 heterocycles. The molecular weight excluding hydrogens is 1500 g/mol. The Morgan fingerprint density at radius 3 is 1.07 bits per heavy atom. The summed E-state index contributed by atoms with van der Waals surface area (Å²) >= 11 is 0. The molecule has 4 aliphatic rings. The highest BCUT2D eigenvalue weighted by Gasteiger charge is 2.53. The molecule has 0 saturated heterocycles. The fourth-order valence-electron chi connectivity index (χ4n) is 20.8. The number of para-hydroxylation sites is 5. The zero-order valence-electron chi connectivity index (χ0n) is 66.3. The highest BCUT2D eigenvalue weighted by molar-refractivity contribution is 6.22. The van der Waals surface area contributed by atoms with Crippen LogP contribution >= 0.6 is 0 Å². The van der Waals surface area contributed by atoms with Gasteiger partial charge in [0.15, 0.2) is 5.69 Å². The maximum Gasteiger partial charge on any atom is 0.188 e. The van der Waals surface area contributed by atoms with Crippen LogP contribution in [0.15, 0.2) is 413 Å². The highest BCUT2D eigenvalue weighted by atomic mass is 16.5. The standard InChI is InChI=1S/C58H35N3O.C57H33N3O/c1-4-16-36(17-5-1)55-42-30-31-47-54(41-22-10-11-23-44(41)58(47)45-24-12-14-26-51(45)62-52-27-15-13-25-46(52)58)53(42)43-34-39(28-32-48(43)59-55)40-29-33-49-50(35-40)61-57(38-20-8-3-9-21-38)56(60-49)37-18-6-2-7-19-37;1-58-38-26-32-51-43(34-38)40-15-6-10-20-50(40)60(51)39-27-23-35(24-28-39)37-25-31-49-44(33-37)54-42(56(59-49)36-13-3-2-4-14-36)29-30-48-55(54)41-16-5-7-17-45(41)57(48)46-18-8-11-21-52(46)61-53-22-12-9-19-47(53)57/h1-35H;2-34H. The van der Waals surface area contributed by atoms with Crippen LogP contribution in [0.25, 0.3) is 176 Å². The maximum atomic E-state index is 7.62. The fraction of sp³-hybridized carbons (Fsp3) is 0.0174. The summed E-state index contributed by atoms with van der Waals surface area (Å²) in [7, 11) is 0. The average molecular weight is 1570 g/mol. The van der Waals surface area contributed by atoms with Crippen molar-refractivity contribution in [1.29, 1.82) is 0 Å². The average Bonchev–Trinajstić information content (AvgIpc) is 1.52. The van der Waals surface area contributed by atoms with Crippen molar-refractivity contribution in [2.24, 2.45) is 0 Å². The van der Waals surface area contributed by atoms with Gasteiger partial charge in [0, 0.05) is 87.9 Å². The van der Waals surface area contributed by atoms with E-state index in [-0.39, 0.29) is 0 Å². The molecule has 0 atom stereocenters. The predicted molar refractivity (Wildman–Crippen MR) is 500 cm³/mol. The van der Waals surface area contributed by atoms with Crippen molar-refractivity contribution >= 4 is 81.9 Å². The third kappa shape index (κ3) is 10.4. The van der Waals surface area contributed by atoms with Crippen molar-refractivity contribution in [2.45, 2.75) is 10.8 Å². The van der Waals surface area contributed by atoms with Crippen molar-refractivity contribution in [3.8, 4) is 118 Å². The van der Waals surface area contributed by atoms with E-state index in [2.05, 4.69) is 398 Å². The van der Waals surface area contributed by atoms with Crippen LogP contribution in [0.5, 0.6) is 23.0 Å². The van der Waals surface area contributed by atoms with E-state index < -0.39 is 10.8 Å². The molecule has 8 nitrogen and oxygen atoms in total. The van der Waals surface area contributed by atoms with Crippen LogP contribution in [0.3, 0.4) is 0 Å². The molecule has 8 heteroatoms. The largest absolute Gasteiger partial charge is 0.457 e. The van der Waals surface area contributed by atoms with E-state index in [0.29, 0.717) is 5.69 Å². The minimum absolute atomic E-state index is 0.578. The van der Waals surface area contributed by atoms with Crippen LogP contribution in [0.2, 0.25) is 0 Å². The van der Waals surface area contributed by atoms with Crippen LogP contribution in [0.4, 0.5) is 5.69 Å². The molecule has 0 fully saturated rings. The zero-order chi connectivity index (χ0) is 81.0. The second-order valence-corrected chi connectivity index (χ2v) is 32.3. The Morgan fingerprint density at radius 2 is 0.602 bits per heavy atom. The van der Waals surface area contributed by atoms with Gasteiger partial charge in [-0.1, -0.05) is 322 Å². The number of fused-ring (bicyclic) bond motifs is 30. The van der Waals surface area contributed by atoms with Gasteiger partial charge >= 0.3 is 0 Å². The summed E-state index contributed by atoms with van der Waals surface area (Å²) in [5.41, 5.74) is 33.2. The highest BCUT2D eigenvalue weighted by Crippen LogP contribution is 2.66. The molecular formula is C115H68N6O2. The quantitative estimate of drug-likeness (QED) is 0.117. The van der Waals surface area contributed by atoms with E-state index >= 15 is 0 Å². The molecule has 0 unspecified atom stereocenters. The third-order valence-electron chi connectivity index (χ3n) is 26.0. The molecule has 4 aromatic heterocycles. The summed E-state index contributed by atoms with van der Waals surface area (Å²) in [6.07, 6.45) is 0. The molecule has 18 aromatic carbocycles. The molecule has 2 aliphatic carbocycles. The topological polar surface area (TPSA) is 79.3 Å². The lowest BCUT2D eigenvalue weighted by atomic mass is 9.66. The Bertz CT molecular complexity index is 8170. The molecule has 123 heavy (non-hydrogen) atoms. The second kappa shape index (κ2) is 27.3. The predicted octanol–water partition coefficient (Wildman–Crippen LogP) is 29.3. The fourth-order valence-corrected chi connectivity index (χ4v) is 20.8. The lowest BCUT2D eigenvalue weighted by Crippen LogP contribution is -2.32. The third-order valence-corrected chi connectivity index (χ3v) is 26.0. The van der Waals surface area contributed by atoms with Gasteiger partial charge in [0.2, 0.25) is 0 Å². The first-order chi connectivity index (χ1) is 60.9. The number of aromatic nitrogens is 5. The van der Waals surface area contributed by atoms with Crippen molar-refractivity contribution in [2.75, 3.05) is 0 Å². The van der Waals surface area contributed by atoms with Crippen LogP contribution in [-0.2, 0) is 10.8 Å². The minimum atomic E-state index is -0.586. The lowest BCUT2D eigenvalue weighted by molar-refractivity contribution is 0.436. The summed E-state index contributed by atoms with van der Waals surface area (Å²) in [4.78, 5) is 25.2. The van der Waals surface area contributed by atoms with Crippen LogP contribution < -0.4 is 9.47 Å². The van der Waals surface area contributed by atoms with Gasteiger partial charge in [-0.2, -0.15) is 0 Å².